The molecule has 2 heteroatoms. The van der Waals surface area contributed by atoms with Gasteiger partial charge in [-0.1, -0.05) is 36.4 Å². The SMILES string of the molecule is ClCc1ccc2ccccc2c1I. The molecule has 0 saturated carbocycles. The molecule has 0 unspecified atom stereocenters. The first-order valence-electron chi connectivity index (χ1n) is 4.05. The van der Waals surface area contributed by atoms with Crippen molar-refractivity contribution >= 4 is 45.0 Å². The standard InChI is InChI=1S/C11H8ClI/c12-7-9-6-5-8-3-1-2-4-10(8)11(9)13/h1-6H,7H2. The number of fused-ring (bicyclic) bond motifs is 1. The van der Waals surface area contributed by atoms with Gasteiger partial charge in [0, 0.05) is 9.45 Å². The second-order valence-corrected chi connectivity index (χ2v) is 4.24. The van der Waals surface area contributed by atoms with Gasteiger partial charge >= 0.3 is 0 Å². The molecular weight excluding hydrogens is 294 g/mol. The fourth-order valence-electron chi connectivity index (χ4n) is 1.38. The number of rotatable bonds is 1. The van der Waals surface area contributed by atoms with Crippen molar-refractivity contribution in [3.63, 3.8) is 0 Å². The van der Waals surface area contributed by atoms with Gasteiger partial charge in [0.1, 0.15) is 0 Å². The van der Waals surface area contributed by atoms with Gasteiger partial charge < -0.3 is 0 Å². The highest BCUT2D eigenvalue weighted by atomic mass is 127. The summed E-state index contributed by atoms with van der Waals surface area (Å²) in [5, 5.41) is 2.57. The Bertz CT molecular complexity index is 437. The van der Waals surface area contributed by atoms with Crippen molar-refractivity contribution in [2.24, 2.45) is 0 Å². The molecule has 2 aromatic carbocycles. The minimum Gasteiger partial charge on any atom is -0.122 e. The van der Waals surface area contributed by atoms with E-state index in [4.69, 9.17) is 11.6 Å². The van der Waals surface area contributed by atoms with Crippen LogP contribution in [0.2, 0.25) is 0 Å². The molecule has 0 amide bonds. The summed E-state index contributed by atoms with van der Waals surface area (Å²) >= 11 is 8.18. The number of hydrogen-bond acceptors (Lipinski definition) is 0. The molecule has 0 N–H and O–H groups in total. The van der Waals surface area contributed by atoms with Gasteiger partial charge in [-0.15, -0.1) is 11.6 Å². The van der Waals surface area contributed by atoms with Crippen LogP contribution in [-0.2, 0) is 5.88 Å². The Labute approximate surface area is 96.0 Å². The average Bonchev–Trinajstić information content (AvgIpc) is 2.19. The van der Waals surface area contributed by atoms with Gasteiger partial charge in [0.05, 0.1) is 0 Å². The third kappa shape index (κ3) is 1.67. The minimum atomic E-state index is 0.586. The van der Waals surface area contributed by atoms with Gasteiger partial charge in [-0.3, -0.25) is 0 Å². The van der Waals surface area contributed by atoms with Crippen LogP contribution in [0.1, 0.15) is 5.56 Å². The zero-order valence-corrected chi connectivity index (χ0v) is 9.84. The first kappa shape index (κ1) is 9.28. The smallest absolute Gasteiger partial charge is 0.0484 e. The fourth-order valence-corrected chi connectivity index (χ4v) is 2.69. The predicted molar refractivity (Wildman–Crippen MR) is 66.2 cm³/mol. The van der Waals surface area contributed by atoms with Crippen LogP contribution >= 0.6 is 34.2 Å². The van der Waals surface area contributed by atoms with Crippen molar-refractivity contribution in [1.29, 1.82) is 0 Å². The number of hydrogen-bond donors (Lipinski definition) is 0. The Hall–Kier alpha value is -0.280. The van der Waals surface area contributed by atoms with Crippen molar-refractivity contribution in [2.75, 3.05) is 0 Å². The molecular formula is C11H8ClI. The third-order valence-electron chi connectivity index (χ3n) is 2.09. The normalized spacial score (nSPS) is 10.6. The molecule has 0 nitrogen and oxygen atoms in total. The third-order valence-corrected chi connectivity index (χ3v) is 3.65. The summed E-state index contributed by atoms with van der Waals surface area (Å²) in [6, 6.07) is 12.6. The van der Waals surface area contributed by atoms with Crippen LogP contribution in [0, 0.1) is 3.57 Å². The molecule has 0 fully saturated rings. The van der Waals surface area contributed by atoms with Gasteiger partial charge in [0.2, 0.25) is 0 Å². The van der Waals surface area contributed by atoms with Crippen LogP contribution in [0.25, 0.3) is 10.8 Å². The van der Waals surface area contributed by atoms with Crippen LogP contribution in [0.3, 0.4) is 0 Å². The van der Waals surface area contributed by atoms with Crippen molar-refractivity contribution in [3.05, 3.63) is 45.5 Å². The molecule has 0 atom stereocenters. The average molecular weight is 303 g/mol. The minimum absolute atomic E-state index is 0.586. The first-order valence-corrected chi connectivity index (χ1v) is 5.66. The molecule has 0 bridgehead atoms. The Kier molecular flexibility index (Phi) is 2.74. The lowest BCUT2D eigenvalue weighted by atomic mass is 10.1. The molecule has 0 aromatic heterocycles. The predicted octanol–water partition coefficient (Wildman–Crippen LogP) is 4.18. The van der Waals surface area contributed by atoms with E-state index in [1.54, 1.807) is 0 Å². The van der Waals surface area contributed by atoms with Crippen molar-refractivity contribution in [2.45, 2.75) is 5.88 Å². The molecule has 13 heavy (non-hydrogen) atoms. The molecule has 66 valence electrons. The zero-order chi connectivity index (χ0) is 9.26. The molecule has 0 aliphatic carbocycles. The molecule has 0 radical (unpaired) electrons. The number of halogens is 2. The van der Waals surface area contributed by atoms with Crippen LogP contribution in [0.15, 0.2) is 36.4 Å². The van der Waals surface area contributed by atoms with Gasteiger partial charge in [-0.25, -0.2) is 0 Å². The van der Waals surface area contributed by atoms with Crippen molar-refractivity contribution < 1.29 is 0 Å². The summed E-state index contributed by atoms with van der Waals surface area (Å²) in [5.41, 5.74) is 1.21. The lowest BCUT2D eigenvalue weighted by Gasteiger charge is -2.04. The van der Waals surface area contributed by atoms with Crippen LogP contribution < -0.4 is 0 Å². The van der Waals surface area contributed by atoms with E-state index in [0.29, 0.717) is 5.88 Å². The maximum Gasteiger partial charge on any atom is 0.0484 e. The molecule has 2 aromatic rings. The van der Waals surface area contributed by atoms with E-state index < -0.39 is 0 Å². The molecule has 0 spiro atoms. The van der Waals surface area contributed by atoms with E-state index >= 15 is 0 Å². The first-order chi connectivity index (χ1) is 6.33. The quantitative estimate of drug-likeness (QED) is 0.547. The van der Waals surface area contributed by atoms with Gasteiger partial charge in [0.15, 0.2) is 0 Å². The Morgan fingerprint density at radius 3 is 2.62 bits per heavy atom. The second-order valence-electron chi connectivity index (χ2n) is 2.89. The molecule has 2 rings (SSSR count). The van der Waals surface area contributed by atoms with Gasteiger partial charge in [0.25, 0.3) is 0 Å². The largest absolute Gasteiger partial charge is 0.122 e. The van der Waals surface area contributed by atoms with Crippen molar-refractivity contribution in [3.8, 4) is 0 Å². The van der Waals surface area contributed by atoms with E-state index in [-0.39, 0.29) is 0 Å². The molecule has 0 heterocycles. The zero-order valence-electron chi connectivity index (χ0n) is 6.93. The maximum absolute atomic E-state index is 5.83. The summed E-state index contributed by atoms with van der Waals surface area (Å²) in [7, 11) is 0. The number of benzene rings is 2. The van der Waals surface area contributed by atoms with Crippen LogP contribution in [-0.4, -0.2) is 0 Å². The highest BCUT2D eigenvalue weighted by Gasteiger charge is 2.02. The summed E-state index contributed by atoms with van der Waals surface area (Å²) < 4.78 is 1.27. The van der Waals surface area contributed by atoms with E-state index in [0.717, 1.165) is 0 Å². The lowest BCUT2D eigenvalue weighted by Crippen LogP contribution is -1.85. The summed E-state index contributed by atoms with van der Waals surface area (Å²) in [4.78, 5) is 0. The lowest BCUT2D eigenvalue weighted by molar-refractivity contribution is 1.39. The Morgan fingerprint density at radius 2 is 1.85 bits per heavy atom. The van der Waals surface area contributed by atoms with E-state index in [1.165, 1.54) is 19.9 Å². The van der Waals surface area contributed by atoms with Crippen LogP contribution in [0.4, 0.5) is 0 Å². The van der Waals surface area contributed by atoms with Gasteiger partial charge in [-0.2, -0.15) is 0 Å². The topological polar surface area (TPSA) is 0 Å². The number of alkyl halides is 1. The second kappa shape index (κ2) is 3.84. The summed E-state index contributed by atoms with van der Waals surface area (Å²) in [5.74, 6) is 0.586. The van der Waals surface area contributed by atoms with E-state index in [2.05, 4.69) is 59.0 Å². The van der Waals surface area contributed by atoms with Gasteiger partial charge in [-0.05, 0) is 38.9 Å². The highest BCUT2D eigenvalue weighted by molar-refractivity contribution is 14.1. The van der Waals surface area contributed by atoms with Crippen LogP contribution in [0.5, 0.6) is 0 Å². The highest BCUT2D eigenvalue weighted by Crippen LogP contribution is 2.24. The summed E-state index contributed by atoms with van der Waals surface area (Å²) in [6.07, 6.45) is 0. The van der Waals surface area contributed by atoms with Crippen molar-refractivity contribution in [1.82, 2.24) is 0 Å². The monoisotopic (exact) mass is 302 g/mol. The maximum atomic E-state index is 5.83. The summed E-state index contributed by atoms with van der Waals surface area (Å²) in [6.45, 7) is 0. The van der Waals surface area contributed by atoms with E-state index in [1.807, 2.05) is 0 Å². The van der Waals surface area contributed by atoms with E-state index in [9.17, 15) is 0 Å². The molecule has 0 aliphatic heterocycles. The fraction of sp³-hybridized carbons (Fsp3) is 0.0909. The Balaban J connectivity index is 2.79. The molecule has 0 aliphatic rings. The molecule has 0 saturated heterocycles. The Morgan fingerprint density at radius 1 is 1.08 bits per heavy atom.